The van der Waals surface area contributed by atoms with Crippen molar-refractivity contribution in [2.24, 2.45) is 0 Å². The van der Waals surface area contributed by atoms with Crippen molar-refractivity contribution in [3.8, 4) is 0 Å². The molecule has 4 heteroatoms. The van der Waals surface area contributed by atoms with E-state index in [1.54, 1.807) is 12.1 Å². The van der Waals surface area contributed by atoms with Crippen molar-refractivity contribution in [1.82, 2.24) is 4.57 Å². The summed E-state index contributed by atoms with van der Waals surface area (Å²) in [6.07, 6.45) is 0. The van der Waals surface area contributed by atoms with Gasteiger partial charge < -0.3 is 9.30 Å². The lowest BCUT2D eigenvalue weighted by molar-refractivity contribution is 0.0474. The van der Waals surface area contributed by atoms with Crippen molar-refractivity contribution in [2.45, 2.75) is 46.6 Å². The molecule has 1 heterocycles. The Morgan fingerprint density at radius 2 is 1.57 bits per heavy atom. The fourth-order valence-electron chi connectivity index (χ4n) is 3.49. The Bertz CT molecular complexity index is 1040. The van der Waals surface area contributed by atoms with E-state index >= 15 is 0 Å². The van der Waals surface area contributed by atoms with Crippen LogP contribution in [0.4, 0.5) is 0 Å². The summed E-state index contributed by atoms with van der Waals surface area (Å²) >= 11 is 0. The SMILES string of the molecule is Cc1cc(C(=O)COC(=O)c2ccc(C(C)(C)C)cc2)c(C)n1Cc1ccccc1. The normalized spacial score (nSPS) is 11.4. The smallest absolute Gasteiger partial charge is 0.338 e. The van der Waals surface area contributed by atoms with Crippen molar-refractivity contribution in [1.29, 1.82) is 0 Å². The summed E-state index contributed by atoms with van der Waals surface area (Å²) in [5, 5.41) is 0. The predicted octanol–water partition coefficient (Wildman–Crippen LogP) is 5.49. The van der Waals surface area contributed by atoms with E-state index in [9.17, 15) is 9.59 Å². The molecule has 3 aromatic rings. The van der Waals surface area contributed by atoms with Gasteiger partial charge in [-0.05, 0) is 48.6 Å². The topological polar surface area (TPSA) is 48.3 Å². The minimum absolute atomic E-state index is 0.0146. The molecule has 0 aliphatic heterocycles. The first-order chi connectivity index (χ1) is 14.2. The van der Waals surface area contributed by atoms with Crippen LogP contribution in [-0.4, -0.2) is 22.9 Å². The van der Waals surface area contributed by atoms with E-state index in [2.05, 4.69) is 37.5 Å². The van der Waals surface area contributed by atoms with E-state index in [1.807, 2.05) is 50.2 Å². The van der Waals surface area contributed by atoms with E-state index in [1.165, 1.54) is 5.56 Å². The van der Waals surface area contributed by atoms with Gasteiger partial charge in [0.2, 0.25) is 5.78 Å². The number of esters is 1. The highest BCUT2D eigenvalue weighted by molar-refractivity contribution is 6.00. The summed E-state index contributed by atoms with van der Waals surface area (Å²) in [4.78, 5) is 25.1. The predicted molar refractivity (Wildman–Crippen MR) is 119 cm³/mol. The van der Waals surface area contributed by atoms with E-state index in [0.717, 1.165) is 17.0 Å². The highest BCUT2D eigenvalue weighted by Crippen LogP contribution is 2.22. The van der Waals surface area contributed by atoms with Crippen LogP contribution >= 0.6 is 0 Å². The zero-order chi connectivity index (χ0) is 21.9. The van der Waals surface area contributed by atoms with Gasteiger partial charge in [0.05, 0.1) is 5.56 Å². The van der Waals surface area contributed by atoms with Gasteiger partial charge >= 0.3 is 5.97 Å². The molecular weight excluding hydrogens is 374 g/mol. The maximum atomic E-state index is 12.7. The average molecular weight is 404 g/mol. The third-order valence-electron chi connectivity index (χ3n) is 5.38. The molecule has 0 fully saturated rings. The second kappa shape index (κ2) is 8.70. The zero-order valence-electron chi connectivity index (χ0n) is 18.4. The molecule has 30 heavy (non-hydrogen) atoms. The summed E-state index contributed by atoms with van der Waals surface area (Å²) in [7, 11) is 0. The van der Waals surface area contributed by atoms with Crippen LogP contribution in [0, 0.1) is 13.8 Å². The maximum absolute atomic E-state index is 12.7. The first-order valence-corrected chi connectivity index (χ1v) is 10.2. The quantitative estimate of drug-likeness (QED) is 0.404. The molecule has 0 radical (unpaired) electrons. The molecule has 0 atom stereocenters. The highest BCUT2D eigenvalue weighted by atomic mass is 16.5. The summed E-state index contributed by atoms with van der Waals surface area (Å²) in [5.74, 6) is -0.677. The highest BCUT2D eigenvalue weighted by Gasteiger charge is 2.19. The number of carbonyl (C=O) groups excluding carboxylic acids is 2. The molecule has 0 aliphatic carbocycles. The first-order valence-electron chi connectivity index (χ1n) is 10.2. The maximum Gasteiger partial charge on any atom is 0.338 e. The Labute approximate surface area is 178 Å². The number of ketones is 1. The van der Waals surface area contributed by atoms with E-state index in [0.29, 0.717) is 17.7 Å². The van der Waals surface area contributed by atoms with Crippen molar-refractivity contribution in [3.05, 3.63) is 94.3 Å². The number of Topliss-reactive ketones (excluding diaryl/α,β-unsaturated/α-hetero) is 1. The molecule has 4 nitrogen and oxygen atoms in total. The molecule has 0 saturated heterocycles. The number of hydrogen-bond donors (Lipinski definition) is 0. The van der Waals surface area contributed by atoms with Gasteiger partial charge in [0.1, 0.15) is 0 Å². The Morgan fingerprint density at radius 3 is 2.17 bits per heavy atom. The van der Waals surface area contributed by atoms with Gasteiger partial charge in [-0.2, -0.15) is 0 Å². The van der Waals surface area contributed by atoms with Crippen LogP contribution < -0.4 is 0 Å². The van der Waals surface area contributed by atoms with E-state index < -0.39 is 5.97 Å². The Balaban J connectivity index is 1.66. The number of aryl methyl sites for hydroxylation is 1. The summed E-state index contributed by atoms with van der Waals surface area (Å²) < 4.78 is 7.40. The molecule has 0 amide bonds. The molecule has 0 bridgehead atoms. The number of ether oxygens (including phenoxy) is 1. The molecule has 0 aliphatic rings. The Kier molecular flexibility index (Phi) is 6.25. The minimum Gasteiger partial charge on any atom is -0.454 e. The molecule has 0 unspecified atom stereocenters. The number of rotatable bonds is 6. The van der Waals surface area contributed by atoms with Gasteiger partial charge in [-0.25, -0.2) is 4.79 Å². The standard InChI is InChI=1S/C26H29NO3/c1-18-15-23(19(2)27(18)16-20-9-7-6-8-10-20)24(28)17-30-25(29)21-11-13-22(14-12-21)26(3,4)5/h6-15H,16-17H2,1-5H3. The monoisotopic (exact) mass is 403 g/mol. The number of hydrogen-bond acceptors (Lipinski definition) is 3. The largest absolute Gasteiger partial charge is 0.454 e. The summed E-state index contributed by atoms with van der Waals surface area (Å²) in [5.41, 5.74) is 5.26. The molecule has 0 spiro atoms. The molecule has 2 aromatic carbocycles. The van der Waals surface area contributed by atoms with E-state index in [4.69, 9.17) is 4.74 Å². The van der Waals surface area contributed by atoms with Crippen molar-refractivity contribution in [3.63, 3.8) is 0 Å². The third-order valence-corrected chi connectivity index (χ3v) is 5.38. The second-order valence-electron chi connectivity index (χ2n) is 8.68. The van der Waals surface area contributed by atoms with E-state index in [-0.39, 0.29) is 17.8 Å². The number of aromatic nitrogens is 1. The van der Waals surface area contributed by atoms with Crippen LogP contribution in [0.1, 0.15) is 64.0 Å². The molecule has 156 valence electrons. The Hall–Kier alpha value is -3.14. The lowest BCUT2D eigenvalue weighted by atomic mass is 9.87. The summed E-state index contributed by atoms with van der Waals surface area (Å²) in [6, 6.07) is 19.3. The lowest BCUT2D eigenvalue weighted by Gasteiger charge is -2.18. The molecule has 0 saturated carbocycles. The van der Waals surface area contributed by atoms with Crippen LogP contribution in [0.2, 0.25) is 0 Å². The van der Waals surface area contributed by atoms with Gasteiger partial charge in [-0.3, -0.25) is 4.79 Å². The van der Waals surface area contributed by atoms with Gasteiger partial charge in [0.15, 0.2) is 6.61 Å². The van der Waals surface area contributed by atoms with Crippen LogP contribution in [-0.2, 0) is 16.7 Å². The van der Waals surface area contributed by atoms with Gasteiger partial charge in [-0.15, -0.1) is 0 Å². The van der Waals surface area contributed by atoms with Crippen molar-refractivity contribution >= 4 is 11.8 Å². The fourth-order valence-corrected chi connectivity index (χ4v) is 3.49. The van der Waals surface area contributed by atoms with Crippen LogP contribution in [0.15, 0.2) is 60.7 Å². The number of carbonyl (C=O) groups is 2. The lowest BCUT2D eigenvalue weighted by Crippen LogP contribution is -2.16. The van der Waals surface area contributed by atoms with Gasteiger partial charge in [0.25, 0.3) is 0 Å². The average Bonchev–Trinajstić information content (AvgIpc) is 3.00. The second-order valence-corrected chi connectivity index (χ2v) is 8.68. The zero-order valence-corrected chi connectivity index (χ0v) is 18.4. The summed E-state index contributed by atoms with van der Waals surface area (Å²) in [6.45, 7) is 10.7. The molecule has 3 rings (SSSR count). The molecular formula is C26H29NO3. The van der Waals surface area contributed by atoms with Gasteiger partial charge in [0, 0.05) is 23.5 Å². The Morgan fingerprint density at radius 1 is 0.933 bits per heavy atom. The van der Waals surface area contributed by atoms with Crippen LogP contribution in [0.25, 0.3) is 0 Å². The van der Waals surface area contributed by atoms with Crippen LogP contribution in [0.3, 0.4) is 0 Å². The minimum atomic E-state index is -0.484. The molecule has 1 aromatic heterocycles. The van der Waals surface area contributed by atoms with Crippen molar-refractivity contribution < 1.29 is 14.3 Å². The third kappa shape index (κ3) is 4.88. The number of nitrogens with zero attached hydrogens (tertiary/aromatic N) is 1. The number of benzene rings is 2. The fraction of sp³-hybridized carbons (Fsp3) is 0.308. The first kappa shape index (κ1) is 21.6. The van der Waals surface area contributed by atoms with Gasteiger partial charge in [-0.1, -0.05) is 63.2 Å². The molecule has 0 N–H and O–H groups in total. The van der Waals surface area contributed by atoms with Crippen LogP contribution in [0.5, 0.6) is 0 Å². The van der Waals surface area contributed by atoms with Crippen molar-refractivity contribution in [2.75, 3.05) is 6.61 Å².